The van der Waals surface area contributed by atoms with Crippen LogP contribution in [0.15, 0.2) is 0 Å². The summed E-state index contributed by atoms with van der Waals surface area (Å²) in [6.07, 6.45) is 2.08. The second-order valence-electron chi connectivity index (χ2n) is 4.93. The maximum atomic E-state index is 8.99. The predicted molar refractivity (Wildman–Crippen MR) is 57.4 cm³/mol. The van der Waals surface area contributed by atoms with Crippen LogP contribution in [0.4, 0.5) is 0 Å². The monoisotopic (exact) mass is 242 g/mol. The van der Waals surface area contributed by atoms with Gasteiger partial charge < -0.3 is 0 Å². The van der Waals surface area contributed by atoms with Crippen molar-refractivity contribution in [2.45, 2.75) is 43.4 Å². The van der Waals surface area contributed by atoms with Gasteiger partial charge in [-0.05, 0) is 0 Å². The number of hydrogen-bond donors (Lipinski definition) is 0. The molecule has 74 valence electrons. The molecule has 1 heterocycles. The fraction of sp³-hybridized carbons (Fsp3) is 0.900. The Labute approximate surface area is 89.8 Å². The predicted octanol–water partition coefficient (Wildman–Crippen LogP) is 1.20. The van der Waals surface area contributed by atoms with E-state index >= 15 is 0 Å². The second kappa shape index (κ2) is 3.64. The molecule has 1 atom stereocenters. The molecule has 0 aromatic heterocycles. The molecule has 1 aliphatic rings. The standard InChI is InChI=1S/C10H19AsN2/c1-9(2,3)13-6-4-10(11,8-12)5-7-13/h4-7,11H2,1-3H3. The van der Waals surface area contributed by atoms with E-state index in [-0.39, 0.29) is 9.74 Å². The van der Waals surface area contributed by atoms with Gasteiger partial charge >= 0.3 is 89.5 Å². The Kier molecular flexibility index (Phi) is 3.10. The Morgan fingerprint density at radius 2 is 1.77 bits per heavy atom. The van der Waals surface area contributed by atoms with Crippen LogP contribution in [-0.2, 0) is 0 Å². The normalized spacial score (nSPS) is 23.9. The Morgan fingerprint density at radius 1 is 1.31 bits per heavy atom. The molecule has 0 amide bonds. The molecule has 1 rings (SSSR count). The summed E-state index contributed by atoms with van der Waals surface area (Å²) in [5, 5.41) is 8.99. The van der Waals surface area contributed by atoms with Crippen LogP contribution >= 0.6 is 0 Å². The zero-order valence-electron chi connectivity index (χ0n) is 8.80. The van der Waals surface area contributed by atoms with Crippen LogP contribution in [0.25, 0.3) is 0 Å². The Balaban J connectivity index is 2.54. The van der Waals surface area contributed by atoms with Gasteiger partial charge in [-0.25, -0.2) is 0 Å². The summed E-state index contributed by atoms with van der Waals surface area (Å²) < 4.78 is -0.00521. The van der Waals surface area contributed by atoms with E-state index in [0.717, 1.165) is 25.9 Å². The number of rotatable bonds is 0. The number of likely N-dealkylation sites (tertiary alicyclic amines) is 1. The average molecular weight is 242 g/mol. The molecular weight excluding hydrogens is 223 g/mol. The van der Waals surface area contributed by atoms with Crippen molar-refractivity contribution < 1.29 is 0 Å². The zero-order chi connectivity index (χ0) is 10.1. The molecule has 0 N–H and O–H groups in total. The number of piperidine rings is 1. The van der Waals surface area contributed by atoms with Crippen molar-refractivity contribution in [2.24, 2.45) is 0 Å². The van der Waals surface area contributed by atoms with Crippen molar-refractivity contribution in [3.05, 3.63) is 0 Å². The van der Waals surface area contributed by atoms with Crippen molar-refractivity contribution >= 4 is 16.9 Å². The van der Waals surface area contributed by atoms with Gasteiger partial charge in [-0.1, -0.05) is 0 Å². The second-order valence-corrected chi connectivity index (χ2v) is 7.24. The summed E-state index contributed by atoms with van der Waals surface area (Å²) in [5.74, 6) is 0. The molecule has 1 fully saturated rings. The van der Waals surface area contributed by atoms with Crippen molar-refractivity contribution in [1.82, 2.24) is 4.90 Å². The van der Waals surface area contributed by atoms with Crippen molar-refractivity contribution in [3.8, 4) is 6.07 Å². The van der Waals surface area contributed by atoms with Gasteiger partial charge in [0.2, 0.25) is 0 Å². The molecule has 0 aromatic rings. The van der Waals surface area contributed by atoms with Gasteiger partial charge in [-0.15, -0.1) is 0 Å². The molecule has 0 bridgehead atoms. The molecule has 1 aliphatic heterocycles. The van der Waals surface area contributed by atoms with Gasteiger partial charge in [0.25, 0.3) is 0 Å². The average Bonchev–Trinajstić information content (AvgIpc) is 2.04. The molecule has 0 spiro atoms. The van der Waals surface area contributed by atoms with Crippen LogP contribution in [0.2, 0.25) is 4.20 Å². The van der Waals surface area contributed by atoms with E-state index in [1.807, 2.05) is 0 Å². The molecule has 1 saturated heterocycles. The maximum absolute atomic E-state index is 8.99. The van der Waals surface area contributed by atoms with Crippen molar-refractivity contribution in [2.75, 3.05) is 13.1 Å². The quantitative estimate of drug-likeness (QED) is 0.597. The van der Waals surface area contributed by atoms with Gasteiger partial charge in [0.15, 0.2) is 0 Å². The number of hydrogen-bond acceptors (Lipinski definition) is 2. The third-order valence-corrected chi connectivity index (χ3v) is 4.31. The third kappa shape index (κ3) is 2.73. The first-order valence-corrected chi connectivity index (χ1v) is 6.04. The molecular formula is C10H19AsN2. The minimum absolute atomic E-state index is 0.00521. The summed E-state index contributed by atoms with van der Waals surface area (Å²) in [5.41, 5.74) is 0.268. The van der Waals surface area contributed by atoms with E-state index in [1.54, 1.807) is 16.9 Å². The van der Waals surface area contributed by atoms with E-state index in [0.29, 0.717) is 0 Å². The Hall–Kier alpha value is 0.00844. The molecule has 0 radical (unpaired) electrons. The number of nitriles is 1. The van der Waals surface area contributed by atoms with Crippen molar-refractivity contribution in [1.29, 1.82) is 5.26 Å². The summed E-state index contributed by atoms with van der Waals surface area (Å²) in [4.78, 5) is 2.47. The number of nitrogens with zero attached hydrogens (tertiary/aromatic N) is 2. The molecule has 2 nitrogen and oxygen atoms in total. The Bertz CT molecular complexity index is 216. The summed E-state index contributed by atoms with van der Waals surface area (Å²) in [6.45, 7) is 8.89. The molecule has 0 aromatic carbocycles. The van der Waals surface area contributed by atoms with Crippen molar-refractivity contribution in [3.63, 3.8) is 0 Å². The van der Waals surface area contributed by atoms with Gasteiger partial charge in [-0.2, -0.15) is 0 Å². The van der Waals surface area contributed by atoms with E-state index < -0.39 is 0 Å². The van der Waals surface area contributed by atoms with Crippen LogP contribution in [0.5, 0.6) is 0 Å². The summed E-state index contributed by atoms with van der Waals surface area (Å²) in [6, 6.07) is 2.45. The van der Waals surface area contributed by atoms with Crippen LogP contribution in [0.1, 0.15) is 33.6 Å². The van der Waals surface area contributed by atoms with Gasteiger partial charge in [0, 0.05) is 0 Å². The first kappa shape index (κ1) is 11.1. The van der Waals surface area contributed by atoms with E-state index in [4.69, 9.17) is 5.26 Å². The first-order chi connectivity index (χ1) is 5.87. The fourth-order valence-corrected chi connectivity index (χ4v) is 2.23. The summed E-state index contributed by atoms with van der Waals surface area (Å²) in [7, 11) is 0. The molecule has 1 unspecified atom stereocenters. The topological polar surface area (TPSA) is 27.0 Å². The zero-order valence-corrected chi connectivity index (χ0v) is 11.2. The minimum atomic E-state index is -0.00521. The van der Waals surface area contributed by atoms with Crippen LogP contribution in [0, 0.1) is 11.3 Å². The van der Waals surface area contributed by atoms with Gasteiger partial charge in [0.1, 0.15) is 0 Å². The Morgan fingerprint density at radius 3 is 2.08 bits per heavy atom. The van der Waals surface area contributed by atoms with E-state index in [2.05, 4.69) is 31.7 Å². The van der Waals surface area contributed by atoms with Crippen LogP contribution in [-0.4, -0.2) is 40.4 Å². The molecule has 13 heavy (non-hydrogen) atoms. The summed E-state index contributed by atoms with van der Waals surface area (Å²) >= 11 is 1.60. The SMILES string of the molecule is CC(C)(C)N1CCC([AsH2])(C#N)CC1. The first-order valence-electron chi connectivity index (χ1n) is 4.83. The van der Waals surface area contributed by atoms with E-state index in [1.165, 1.54) is 0 Å². The van der Waals surface area contributed by atoms with E-state index in [9.17, 15) is 0 Å². The van der Waals surface area contributed by atoms with Crippen LogP contribution < -0.4 is 0 Å². The van der Waals surface area contributed by atoms with Gasteiger partial charge in [-0.3, -0.25) is 0 Å². The third-order valence-electron chi connectivity index (χ3n) is 2.83. The fourth-order valence-electron chi connectivity index (χ4n) is 1.69. The molecule has 3 heteroatoms. The molecule has 0 saturated carbocycles. The molecule has 0 aliphatic carbocycles. The van der Waals surface area contributed by atoms with Gasteiger partial charge in [0.05, 0.1) is 0 Å². The van der Waals surface area contributed by atoms with Crippen LogP contribution in [0.3, 0.4) is 0 Å².